The molecule has 3 N–H and O–H groups in total. The molecular formula is C29H27Cl2F2N5O4. The Hall–Kier alpha value is -3.96. The van der Waals surface area contributed by atoms with Crippen LogP contribution in [0.5, 0.6) is 0 Å². The van der Waals surface area contributed by atoms with E-state index in [1.165, 1.54) is 13.2 Å². The van der Waals surface area contributed by atoms with Crippen molar-refractivity contribution in [3.63, 3.8) is 0 Å². The molecule has 1 unspecified atom stereocenters. The van der Waals surface area contributed by atoms with Gasteiger partial charge in [0.05, 0.1) is 29.4 Å². The number of aromatic nitrogens is 2. The molecule has 2 aromatic carbocycles. The third-order valence-electron chi connectivity index (χ3n) is 7.46. The van der Waals surface area contributed by atoms with E-state index in [1.54, 1.807) is 30.0 Å². The quantitative estimate of drug-likeness (QED) is 0.275. The first kappa shape index (κ1) is 29.5. The molecule has 3 amide bonds. The number of fused-ring (bicyclic) bond motifs is 4. The van der Waals surface area contributed by atoms with Crippen molar-refractivity contribution in [2.75, 3.05) is 24.3 Å². The number of nitrogens with one attached hydrogen (secondary N) is 3. The molecule has 0 fully saturated rings. The summed E-state index contributed by atoms with van der Waals surface area (Å²) < 4.78 is 33.9. The fourth-order valence-corrected chi connectivity index (χ4v) is 5.63. The molecule has 9 nitrogen and oxygen atoms in total. The highest BCUT2D eigenvalue weighted by Gasteiger charge is 2.33. The number of amides is 3. The van der Waals surface area contributed by atoms with Crippen LogP contribution in [-0.4, -0.2) is 46.4 Å². The lowest BCUT2D eigenvalue weighted by Crippen LogP contribution is -2.38. The van der Waals surface area contributed by atoms with E-state index in [4.69, 9.17) is 28.2 Å². The summed E-state index contributed by atoms with van der Waals surface area (Å²) in [6.45, 7) is 1.97. The fourth-order valence-electron chi connectivity index (χ4n) is 5.23. The maximum atomic E-state index is 14.7. The zero-order chi connectivity index (χ0) is 30.1. The van der Waals surface area contributed by atoms with E-state index in [-0.39, 0.29) is 46.1 Å². The third kappa shape index (κ3) is 5.84. The summed E-state index contributed by atoms with van der Waals surface area (Å²) in [6.07, 6.45) is 2.29. The minimum Gasteiger partial charge on any atom is -0.453 e. The van der Waals surface area contributed by atoms with Gasteiger partial charge in [-0.25, -0.2) is 18.6 Å². The maximum Gasteiger partial charge on any atom is 0.411 e. The highest BCUT2D eigenvalue weighted by molar-refractivity contribution is 6.32. The Morgan fingerprint density at radius 3 is 2.69 bits per heavy atom. The third-order valence-corrected chi connectivity index (χ3v) is 8.03. The number of methoxy groups -OCH3 is 1. The second-order valence-corrected chi connectivity index (χ2v) is 11.0. The lowest BCUT2D eigenvalue weighted by atomic mass is 9.95. The van der Waals surface area contributed by atoms with Crippen LogP contribution in [0.4, 0.5) is 25.0 Å². The average molecular weight is 618 g/mol. The molecule has 13 heteroatoms. The van der Waals surface area contributed by atoms with E-state index < -0.39 is 29.7 Å². The van der Waals surface area contributed by atoms with Gasteiger partial charge in [-0.1, -0.05) is 36.5 Å². The number of nitrogens with zero attached hydrogens (tertiary/aromatic N) is 2. The van der Waals surface area contributed by atoms with Gasteiger partial charge in [-0.3, -0.25) is 14.9 Å². The number of hydrogen-bond acceptors (Lipinski definition) is 5. The number of benzene rings is 2. The van der Waals surface area contributed by atoms with Crippen molar-refractivity contribution < 1.29 is 27.9 Å². The van der Waals surface area contributed by atoms with Crippen LogP contribution in [0.3, 0.4) is 0 Å². The van der Waals surface area contributed by atoms with Crippen LogP contribution in [-0.2, 0) is 14.3 Å². The van der Waals surface area contributed by atoms with Gasteiger partial charge in [-0.15, -0.1) is 0 Å². The number of anilines is 2. The zero-order valence-corrected chi connectivity index (χ0v) is 24.2. The molecule has 0 spiro atoms. The molecule has 3 heterocycles. The van der Waals surface area contributed by atoms with Gasteiger partial charge in [0, 0.05) is 29.8 Å². The Bertz CT molecular complexity index is 1610. The summed E-state index contributed by atoms with van der Waals surface area (Å²) in [7, 11) is 1.24. The van der Waals surface area contributed by atoms with Gasteiger partial charge >= 0.3 is 6.09 Å². The number of rotatable bonds is 3. The highest BCUT2D eigenvalue weighted by atomic mass is 35.5. The highest BCUT2D eigenvalue weighted by Crippen LogP contribution is 2.39. The number of imidazole rings is 1. The van der Waals surface area contributed by atoms with E-state index in [1.807, 2.05) is 0 Å². The maximum absolute atomic E-state index is 14.7. The number of carbonyl (C=O) groups is 3. The monoisotopic (exact) mass is 617 g/mol. The predicted octanol–water partition coefficient (Wildman–Crippen LogP) is 6.96. The summed E-state index contributed by atoms with van der Waals surface area (Å²) in [6, 6.07) is 6.52. The minimum atomic E-state index is -0.909. The molecule has 3 aromatic rings. The van der Waals surface area contributed by atoms with Crippen molar-refractivity contribution in [2.45, 2.75) is 38.6 Å². The Morgan fingerprint density at radius 2 is 1.95 bits per heavy atom. The first-order valence-corrected chi connectivity index (χ1v) is 14.0. The second kappa shape index (κ2) is 12.1. The molecule has 1 aromatic heterocycles. The number of ether oxygens (including phenoxy) is 1. The van der Waals surface area contributed by atoms with Crippen LogP contribution in [0.25, 0.3) is 16.8 Å². The number of hydrogen-bond donors (Lipinski definition) is 3. The number of carbonyl (C=O) groups excluding carboxylic acids is 3. The summed E-state index contributed by atoms with van der Waals surface area (Å²) >= 11 is 12.5. The molecule has 0 aliphatic carbocycles. The molecule has 0 saturated heterocycles. The smallest absolute Gasteiger partial charge is 0.411 e. The van der Waals surface area contributed by atoms with Crippen LogP contribution < -0.4 is 10.6 Å². The van der Waals surface area contributed by atoms with Gasteiger partial charge in [-0.2, -0.15) is 0 Å². The molecule has 2 aliphatic heterocycles. The van der Waals surface area contributed by atoms with E-state index in [0.29, 0.717) is 47.7 Å². The molecule has 0 radical (unpaired) electrons. The first-order chi connectivity index (χ1) is 20.1. The first-order valence-electron chi connectivity index (χ1n) is 13.3. The standard InChI is InChI=1S/C29H27Cl2F2N5O4/c1-14-4-3-5-21(38-11-10-15(12-22(38)39)23-19(32)9-8-18(30)24(23)33)27-36-25(26(31)37-27)17-7-6-16(34-29(41)42-2)13-20(17)35-28(14)40/h6-9,12-14,21H,3-5,10-11H2,1-2H3,(H,34,41)(H,35,40)(H,36,37)/t14-,21?/m1/s1. The van der Waals surface area contributed by atoms with Gasteiger partial charge < -0.3 is 19.9 Å². The molecule has 220 valence electrons. The Kier molecular flexibility index (Phi) is 8.51. The van der Waals surface area contributed by atoms with Crippen LogP contribution in [0.1, 0.15) is 50.0 Å². The topological polar surface area (TPSA) is 116 Å². The van der Waals surface area contributed by atoms with Crippen molar-refractivity contribution in [1.82, 2.24) is 14.9 Å². The molecule has 5 rings (SSSR count). The van der Waals surface area contributed by atoms with E-state index in [0.717, 1.165) is 12.1 Å². The van der Waals surface area contributed by atoms with Crippen LogP contribution in [0, 0.1) is 17.6 Å². The lowest BCUT2D eigenvalue weighted by Gasteiger charge is -2.33. The van der Waals surface area contributed by atoms with Crippen molar-refractivity contribution in [3.8, 4) is 11.3 Å². The lowest BCUT2D eigenvalue weighted by molar-refractivity contribution is -0.129. The van der Waals surface area contributed by atoms with Crippen LogP contribution in [0.2, 0.25) is 10.2 Å². The molecule has 2 aliphatic rings. The summed E-state index contributed by atoms with van der Waals surface area (Å²) in [5.41, 5.74) is 1.51. The summed E-state index contributed by atoms with van der Waals surface area (Å²) in [5, 5.41) is 5.45. The van der Waals surface area contributed by atoms with Gasteiger partial charge in [0.15, 0.2) is 5.82 Å². The van der Waals surface area contributed by atoms with E-state index in [9.17, 15) is 23.2 Å². The molecule has 0 saturated carbocycles. The number of aromatic amines is 1. The molecular weight excluding hydrogens is 591 g/mol. The van der Waals surface area contributed by atoms with E-state index >= 15 is 0 Å². The Labute approximate surface area is 250 Å². The largest absolute Gasteiger partial charge is 0.453 e. The predicted molar refractivity (Wildman–Crippen MR) is 155 cm³/mol. The Balaban J connectivity index is 1.53. The van der Waals surface area contributed by atoms with E-state index in [2.05, 4.69) is 20.4 Å². The minimum absolute atomic E-state index is 0.170. The van der Waals surface area contributed by atoms with Gasteiger partial charge in [-0.05, 0) is 55.2 Å². The van der Waals surface area contributed by atoms with Gasteiger partial charge in [0.1, 0.15) is 22.5 Å². The summed E-state index contributed by atoms with van der Waals surface area (Å²) in [4.78, 5) is 47.7. The second-order valence-electron chi connectivity index (χ2n) is 10.2. The summed E-state index contributed by atoms with van der Waals surface area (Å²) in [5.74, 6) is -2.32. The van der Waals surface area contributed by atoms with Crippen molar-refractivity contribution in [2.24, 2.45) is 5.92 Å². The molecule has 42 heavy (non-hydrogen) atoms. The van der Waals surface area contributed by atoms with Crippen molar-refractivity contribution in [1.29, 1.82) is 0 Å². The fraction of sp³-hybridized carbons (Fsp3) is 0.310. The average Bonchev–Trinajstić information content (AvgIpc) is 3.34. The van der Waals surface area contributed by atoms with Crippen molar-refractivity contribution in [3.05, 3.63) is 69.6 Å². The Morgan fingerprint density at radius 1 is 1.17 bits per heavy atom. The normalized spacial score (nSPS) is 19.2. The molecule has 2 atom stereocenters. The van der Waals surface area contributed by atoms with Gasteiger partial charge in [0.2, 0.25) is 11.8 Å². The van der Waals surface area contributed by atoms with Crippen molar-refractivity contribution >= 4 is 58.1 Å². The van der Waals surface area contributed by atoms with Gasteiger partial charge in [0.25, 0.3) is 0 Å². The van der Waals surface area contributed by atoms with Crippen LogP contribution in [0.15, 0.2) is 36.4 Å². The SMILES string of the molecule is COC(=O)Nc1ccc2c(c1)NC(=O)[C@H](C)CCCC(N1CCC(c3c(F)ccc(Cl)c3F)=CC1=O)c1nc-2c(Cl)[nH]1. The molecule has 2 bridgehead atoms. The number of halogens is 4. The number of H-pyrrole nitrogens is 1. The van der Waals surface area contributed by atoms with Crippen LogP contribution >= 0.6 is 23.2 Å². The zero-order valence-electron chi connectivity index (χ0n) is 22.7.